The fraction of sp³-hybridized carbons (Fsp3) is 0.800. The molecule has 0 aromatic heterocycles. The van der Waals surface area contributed by atoms with Gasteiger partial charge in [-0.05, 0) is 12.8 Å². The van der Waals surface area contributed by atoms with E-state index in [0.717, 1.165) is 6.42 Å². The number of hydrogen-bond acceptors (Lipinski definition) is 4. The van der Waals surface area contributed by atoms with Gasteiger partial charge in [-0.1, -0.05) is 13.8 Å². The average Bonchev–Trinajstić information content (AvgIpc) is 2.22. The fourth-order valence-electron chi connectivity index (χ4n) is 1.34. The van der Waals surface area contributed by atoms with Crippen molar-refractivity contribution in [3.8, 4) is 0 Å². The van der Waals surface area contributed by atoms with Crippen molar-refractivity contribution in [3.63, 3.8) is 0 Å². The molecule has 6 heteroatoms. The van der Waals surface area contributed by atoms with Crippen LogP contribution in [0.15, 0.2) is 0 Å². The summed E-state index contributed by atoms with van der Waals surface area (Å²) in [4.78, 5) is 22.4. The van der Waals surface area contributed by atoms with Crippen molar-refractivity contribution in [1.29, 1.82) is 0 Å². The molecule has 0 rings (SSSR count). The van der Waals surface area contributed by atoms with Gasteiger partial charge < -0.3 is 25.3 Å². The molecule has 2 N–H and O–H groups in total. The lowest BCUT2D eigenvalue weighted by Gasteiger charge is -2.28. The summed E-state index contributed by atoms with van der Waals surface area (Å²) in [5.41, 5.74) is 4.84. The maximum absolute atomic E-state index is 10.8. The first-order valence-corrected chi connectivity index (χ1v) is 5.39. The molecule has 0 aliphatic carbocycles. The molecule has 0 fully saturated rings. The molecular formula is C10H19N2O4-. The summed E-state index contributed by atoms with van der Waals surface area (Å²) >= 11 is 0. The summed E-state index contributed by atoms with van der Waals surface area (Å²) in [6.45, 7) is 4.65. The Kier molecular flexibility index (Phi) is 7.07. The third kappa shape index (κ3) is 6.10. The topological polar surface area (TPSA) is 95.7 Å². The van der Waals surface area contributed by atoms with Gasteiger partial charge in [0.15, 0.2) is 0 Å². The van der Waals surface area contributed by atoms with Crippen molar-refractivity contribution < 1.29 is 19.4 Å². The molecule has 0 aliphatic heterocycles. The Morgan fingerprint density at radius 2 is 2.06 bits per heavy atom. The van der Waals surface area contributed by atoms with E-state index in [1.54, 1.807) is 0 Å². The zero-order valence-electron chi connectivity index (χ0n) is 9.77. The molecular weight excluding hydrogens is 212 g/mol. The molecule has 6 nitrogen and oxygen atoms in total. The van der Waals surface area contributed by atoms with E-state index in [2.05, 4.69) is 4.74 Å². The van der Waals surface area contributed by atoms with Crippen molar-refractivity contribution >= 4 is 12.2 Å². The van der Waals surface area contributed by atoms with Gasteiger partial charge in [0, 0.05) is 19.0 Å². The van der Waals surface area contributed by atoms with Gasteiger partial charge in [-0.2, -0.15) is 0 Å². The highest BCUT2D eigenvalue weighted by Crippen LogP contribution is 2.07. The number of carboxylic acid groups (broad SMARTS) is 1. The average molecular weight is 231 g/mol. The highest BCUT2D eigenvalue weighted by Gasteiger charge is 2.13. The molecule has 0 spiro atoms. The van der Waals surface area contributed by atoms with Crippen LogP contribution >= 0.6 is 0 Å². The first-order valence-electron chi connectivity index (χ1n) is 5.39. The molecule has 0 heterocycles. The second-order valence-corrected chi connectivity index (χ2v) is 3.62. The van der Waals surface area contributed by atoms with Crippen LogP contribution in [0.25, 0.3) is 0 Å². The van der Waals surface area contributed by atoms with Crippen molar-refractivity contribution in [2.24, 2.45) is 11.7 Å². The first kappa shape index (κ1) is 14.5. The molecule has 1 unspecified atom stereocenters. The van der Waals surface area contributed by atoms with E-state index in [1.165, 1.54) is 4.90 Å². The van der Waals surface area contributed by atoms with Gasteiger partial charge in [-0.3, -0.25) is 0 Å². The minimum Gasteiger partial charge on any atom is -0.530 e. The third-order valence-corrected chi connectivity index (χ3v) is 2.27. The lowest BCUT2D eigenvalue weighted by Crippen LogP contribution is -2.44. The van der Waals surface area contributed by atoms with Gasteiger partial charge in [0.05, 0.1) is 6.61 Å². The monoisotopic (exact) mass is 231 g/mol. The van der Waals surface area contributed by atoms with Crippen LogP contribution < -0.4 is 10.8 Å². The summed E-state index contributed by atoms with van der Waals surface area (Å²) in [7, 11) is 0. The molecule has 94 valence electrons. The zero-order chi connectivity index (χ0) is 12.6. The Morgan fingerprint density at radius 3 is 2.44 bits per heavy atom. The van der Waals surface area contributed by atoms with Gasteiger partial charge in [-0.15, -0.1) is 0 Å². The van der Waals surface area contributed by atoms with E-state index in [0.29, 0.717) is 19.5 Å². The molecule has 0 bridgehead atoms. The maximum Gasteiger partial charge on any atom is 0.404 e. The molecule has 16 heavy (non-hydrogen) atoms. The van der Waals surface area contributed by atoms with Crippen LogP contribution in [0.4, 0.5) is 9.59 Å². The summed E-state index contributed by atoms with van der Waals surface area (Å²) in [5.74, 6) is -0.0445. The number of hydrogen-bond donors (Lipinski definition) is 1. The van der Waals surface area contributed by atoms with Crippen LogP contribution in [0, 0.1) is 5.92 Å². The third-order valence-electron chi connectivity index (χ3n) is 2.27. The van der Waals surface area contributed by atoms with Crippen molar-refractivity contribution in [3.05, 3.63) is 0 Å². The quantitative estimate of drug-likeness (QED) is 0.675. The van der Waals surface area contributed by atoms with Crippen molar-refractivity contribution in [2.45, 2.75) is 26.7 Å². The number of ether oxygens (including phenoxy) is 1. The van der Waals surface area contributed by atoms with E-state index in [-0.39, 0.29) is 12.5 Å². The summed E-state index contributed by atoms with van der Waals surface area (Å²) in [6.07, 6.45) is -0.602. The Morgan fingerprint density at radius 1 is 1.44 bits per heavy atom. The molecule has 0 saturated carbocycles. The summed E-state index contributed by atoms with van der Waals surface area (Å²) < 4.78 is 4.65. The van der Waals surface area contributed by atoms with Crippen LogP contribution in [-0.4, -0.2) is 36.8 Å². The number of nitrogens with two attached hydrogens (primary N) is 1. The predicted octanol–water partition coefficient (Wildman–Crippen LogP) is 0.163. The Hall–Kier alpha value is -1.46. The SMILES string of the molecule is CCCN(CC(CC)COC(N)=O)C(=O)[O-]. The number of carbonyl (C=O) groups is 2. The molecule has 0 saturated heterocycles. The van der Waals surface area contributed by atoms with Crippen molar-refractivity contribution in [2.75, 3.05) is 19.7 Å². The van der Waals surface area contributed by atoms with Gasteiger partial charge in [0.25, 0.3) is 0 Å². The number of primary amides is 1. The largest absolute Gasteiger partial charge is 0.530 e. The van der Waals surface area contributed by atoms with Gasteiger partial charge >= 0.3 is 6.09 Å². The molecule has 0 radical (unpaired) electrons. The fourth-order valence-corrected chi connectivity index (χ4v) is 1.34. The smallest absolute Gasteiger partial charge is 0.404 e. The summed E-state index contributed by atoms with van der Waals surface area (Å²) in [5, 5.41) is 10.8. The lowest BCUT2D eigenvalue weighted by atomic mass is 10.1. The molecule has 2 amide bonds. The van der Waals surface area contributed by atoms with Crippen LogP contribution in [0.2, 0.25) is 0 Å². The second kappa shape index (κ2) is 7.78. The summed E-state index contributed by atoms with van der Waals surface area (Å²) in [6, 6.07) is 0. The number of rotatable bonds is 7. The number of amides is 2. The molecule has 0 aromatic rings. The van der Waals surface area contributed by atoms with E-state index < -0.39 is 12.2 Å². The molecule has 0 aliphatic rings. The van der Waals surface area contributed by atoms with E-state index >= 15 is 0 Å². The number of carbonyl (C=O) groups excluding carboxylic acids is 2. The van der Waals surface area contributed by atoms with Gasteiger partial charge in [-0.25, -0.2) is 4.79 Å². The Bertz CT molecular complexity index is 233. The van der Waals surface area contributed by atoms with E-state index in [4.69, 9.17) is 5.73 Å². The van der Waals surface area contributed by atoms with Crippen LogP contribution in [0.5, 0.6) is 0 Å². The zero-order valence-corrected chi connectivity index (χ0v) is 9.77. The first-order chi connectivity index (χ1) is 7.51. The van der Waals surface area contributed by atoms with Crippen LogP contribution in [0.3, 0.4) is 0 Å². The maximum atomic E-state index is 10.8. The lowest BCUT2D eigenvalue weighted by molar-refractivity contribution is -0.266. The van der Waals surface area contributed by atoms with Crippen LogP contribution in [-0.2, 0) is 4.74 Å². The highest BCUT2D eigenvalue weighted by atomic mass is 16.5. The Balaban J connectivity index is 4.14. The Labute approximate surface area is 95.4 Å². The highest BCUT2D eigenvalue weighted by molar-refractivity contribution is 5.64. The van der Waals surface area contributed by atoms with E-state index in [9.17, 15) is 14.7 Å². The van der Waals surface area contributed by atoms with Gasteiger partial charge in [0.1, 0.15) is 6.09 Å². The normalized spacial score (nSPS) is 11.9. The van der Waals surface area contributed by atoms with E-state index in [1.807, 2.05) is 13.8 Å². The second-order valence-electron chi connectivity index (χ2n) is 3.62. The minimum atomic E-state index is -1.20. The van der Waals surface area contributed by atoms with Crippen LogP contribution in [0.1, 0.15) is 26.7 Å². The van der Waals surface area contributed by atoms with Crippen molar-refractivity contribution in [1.82, 2.24) is 4.90 Å². The number of nitrogens with zero attached hydrogens (tertiary/aromatic N) is 1. The molecule has 1 atom stereocenters. The predicted molar refractivity (Wildman–Crippen MR) is 56.6 cm³/mol. The van der Waals surface area contributed by atoms with Gasteiger partial charge in [0.2, 0.25) is 0 Å². The molecule has 0 aromatic carbocycles. The standard InChI is InChI=1S/C10H20N2O4/c1-3-5-12(10(14)15)6-8(4-2)7-16-9(11)13/h8H,3-7H2,1-2H3,(H2,11,13)(H,14,15)/p-1. The minimum absolute atomic E-state index is 0.0445.